The van der Waals surface area contributed by atoms with Crippen LogP contribution in [0, 0.1) is 5.92 Å². The molecule has 1 aliphatic rings. The number of carbonyl (C=O) groups excluding carboxylic acids is 1. The fourth-order valence-electron chi connectivity index (χ4n) is 3.46. The zero-order valence-corrected chi connectivity index (χ0v) is 18.4. The second-order valence-electron chi connectivity index (χ2n) is 7.70. The number of hydrogen-bond donors (Lipinski definition) is 1. The van der Waals surface area contributed by atoms with Gasteiger partial charge in [0.25, 0.3) is 0 Å². The van der Waals surface area contributed by atoms with Gasteiger partial charge in [-0.25, -0.2) is 4.98 Å². The van der Waals surface area contributed by atoms with Crippen LogP contribution in [0.5, 0.6) is 5.88 Å². The summed E-state index contributed by atoms with van der Waals surface area (Å²) in [7, 11) is 0. The molecule has 0 spiro atoms. The van der Waals surface area contributed by atoms with Crippen molar-refractivity contribution in [3.05, 3.63) is 60.2 Å². The molecule has 6 nitrogen and oxygen atoms in total. The van der Waals surface area contributed by atoms with Crippen LogP contribution < -0.4 is 10.1 Å². The van der Waals surface area contributed by atoms with E-state index in [0.29, 0.717) is 24.8 Å². The minimum absolute atomic E-state index is 0.0236. The number of ether oxygens (including phenoxy) is 1. The number of furan rings is 1. The third kappa shape index (κ3) is 8.24. The van der Waals surface area contributed by atoms with Gasteiger partial charge in [0.15, 0.2) is 0 Å². The number of nitrogens with zero attached hydrogens (tertiary/aromatic N) is 2. The van der Waals surface area contributed by atoms with E-state index in [0.717, 1.165) is 30.3 Å². The number of likely N-dealkylation sites (tertiary alicyclic amines) is 1. The van der Waals surface area contributed by atoms with Gasteiger partial charge in [0.1, 0.15) is 6.61 Å². The molecule has 7 heteroatoms. The highest BCUT2D eigenvalue weighted by Crippen LogP contribution is 2.19. The van der Waals surface area contributed by atoms with Crippen molar-refractivity contribution < 1.29 is 13.9 Å². The second-order valence-corrected chi connectivity index (χ2v) is 8.68. The Morgan fingerprint density at radius 3 is 3.17 bits per heavy atom. The fraction of sp³-hybridized carbons (Fsp3) is 0.478. The van der Waals surface area contributed by atoms with E-state index in [-0.39, 0.29) is 5.91 Å². The van der Waals surface area contributed by atoms with E-state index in [4.69, 9.17) is 9.15 Å². The van der Waals surface area contributed by atoms with Gasteiger partial charge in [0.2, 0.25) is 11.8 Å². The highest BCUT2D eigenvalue weighted by Gasteiger charge is 2.16. The van der Waals surface area contributed by atoms with E-state index >= 15 is 0 Å². The van der Waals surface area contributed by atoms with Gasteiger partial charge < -0.3 is 14.5 Å². The van der Waals surface area contributed by atoms with Crippen LogP contribution in [0.25, 0.3) is 0 Å². The Labute approximate surface area is 183 Å². The average Bonchev–Trinajstić information content (AvgIpc) is 3.24. The highest BCUT2D eigenvalue weighted by atomic mass is 32.2. The summed E-state index contributed by atoms with van der Waals surface area (Å²) in [6.45, 7) is 6.52. The number of hydrogen-bond acceptors (Lipinski definition) is 6. The van der Waals surface area contributed by atoms with Gasteiger partial charge in [-0.15, -0.1) is 11.8 Å². The van der Waals surface area contributed by atoms with Crippen molar-refractivity contribution in [3.8, 4) is 5.88 Å². The molecular weight excluding hydrogens is 398 g/mol. The number of pyridine rings is 1. The average molecular weight is 430 g/mol. The molecule has 2 aromatic rings. The standard InChI is InChI=1S/C23H31N3O3S/c1-19-5-4-10-26(14-19)15-20-6-9-25-23(13-20)29-11-3-2-8-24-22(27)18-30-17-21-7-12-28-16-21/h2-3,6-7,9,12-13,16,19H,4-5,8,10-11,14-15,17-18H2,1H3,(H,24,27)/b3-2+. The van der Waals surface area contributed by atoms with Crippen LogP contribution in [0.2, 0.25) is 0 Å². The highest BCUT2D eigenvalue weighted by molar-refractivity contribution is 7.99. The van der Waals surface area contributed by atoms with Crippen LogP contribution >= 0.6 is 11.8 Å². The maximum absolute atomic E-state index is 11.8. The molecule has 3 heterocycles. The zero-order valence-electron chi connectivity index (χ0n) is 17.6. The predicted molar refractivity (Wildman–Crippen MR) is 120 cm³/mol. The van der Waals surface area contributed by atoms with E-state index in [1.54, 1.807) is 24.3 Å². The number of thioether (sulfide) groups is 1. The third-order valence-corrected chi connectivity index (χ3v) is 5.94. The van der Waals surface area contributed by atoms with E-state index in [9.17, 15) is 4.79 Å². The zero-order chi connectivity index (χ0) is 21.0. The largest absolute Gasteiger partial charge is 0.473 e. The normalized spacial score (nSPS) is 17.3. The number of rotatable bonds is 11. The summed E-state index contributed by atoms with van der Waals surface area (Å²) in [6.07, 6.45) is 11.6. The topological polar surface area (TPSA) is 67.6 Å². The van der Waals surface area contributed by atoms with Gasteiger partial charge in [-0.2, -0.15) is 0 Å². The third-order valence-electron chi connectivity index (χ3n) is 4.94. The van der Waals surface area contributed by atoms with Crippen molar-refractivity contribution in [2.75, 3.05) is 32.0 Å². The Hall–Kier alpha value is -2.25. The summed E-state index contributed by atoms with van der Waals surface area (Å²) >= 11 is 1.57. The Morgan fingerprint density at radius 2 is 2.33 bits per heavy atom. The molecule has 0 radical (unpaired) electrons. The van der Waals surface area contributed by atoms with Crippen molar-refractivity contribution >= 4 is 17.7 Å². The summed E-state index contributed by atoms with van der Waals surface area (Å²) in [5.74, 6) is 2.65. The van der Waals surface area contributed by atoms with Crippen molar-refractivity contribution in [2.45, 2.75) is 32.1 Å². The SMILES string of the molecule is CC1CCCN(Cc2ccnc(OC/C=C/CNC(=O)CSCc3ccoc3)c2)C1. The molecule has 1 N–H and O–H groups in total. The second kappa shape index (κ2) is 12.4. The van der Waals surface area contributed by atoms with Crippen LogP contribution in [0.3, 0.4) is 0 Å². The summed E-state index contributed by atoms with van der Waals surface area (Å²) in [4.78, 5) is 18.6. The van der Waals surface area contributed by atoms with Crippen LogP contribution in [0.15, 0.2) is 53.5 Å². The molecule has 0 saturated carbocycles. The van der Waals surface area contributed by atoms with Crippen molar-refractivity contribution in [1.29, 1.82) is 0 Å². The number of aromatic nitrogens is 1. The first-order valence-electron chi connectivity index (χ1n) is 10.5. The molecule has 1 aliphatic heterocycles. The quantitative estimate of drug-likeness (QED) is 0.547. The Bertz CT molecular complexity index is 795. The van der Waals surface area contributed by atoms with Crippen LogP contribution in [-0.2, 0) is 17.1 Å². The first-order chi connectivity index (χ1) is 14.7. The summed E-state index contributed by atoms with van der Waals surface area (Å²) in [5.41, 5.74) is 2.33. The summed E-state index contributed by atoms with van der Waals surface area (Å²) < 4.78 is 10.7. The molecule has 30 heavy (non-hydrogen) atoms. The lowest BCUT2D eigenvalue weighted by atomic mass is 10.00. The number of piperidine rings is 1. The molecule has 162 valence electrons. The lowest BCUT2D eigenvalue weighted by Gasteiger charge is -2.30. The van der Waals surface area contributed by atoms with Gasteiger partial charge >= 0.3 is 0 Å². The first kappa shape index (κ1) is 22.4. The number of nitrogens with one attached hydrogen (secondary N) is 1. The first-order valence-corrected chi connectivity index (χ1v) is 11.6. The van der Waals surface area contributed by atoms with Crippen molar-refractivity contribution in [2.24, 2.45) is 5.92 Å². The summed E-state index contributed by atoms with van der Waals surface area (Å²) in [6, 6.07) is 5.99. The predicted octanol–water partition coefficient (Wildman–Crippen LogP) is 3.89. The van der Waals surface area contributed by atoms with Crippen LogP contribution in [0.4, 0.5) is 0 Å². The Morgan fingerprint density at radius 1 is 1.40 bits per heavy atom. The number of carbonyl (C=O) groups is 1. The van der Waals surface area contributed by atoms with Gasteiger partial charge in [-0.05, 0) is 49.1 Å². The van der Waals surface area contributed by atoms with Crippen molar-refractivity contribution in [1.82, 2.24) is 15.2 Å². The Balaban J connectivity index is 1.29. The lowest BCUT2D eigenvalue weighted by molar-refractivity contribution is -0.118. The molecule has 1 saturated heterocycles. The Kier molecular flexibility index (Phi) is 9.31. The fourth-order valence-corrected chi connectivity index (χ4v) is 4.25. The summed E-state index contributed by atoms with van der Waals surface area (Å²) in [5, 5.41) is 2.87. The smallest absolute Gasteiger partial charge is 0.230 e. The number of amides is 1. The molecule has 1 amide bonds. The van der Waals surface area contributed by atoms with Crippen LogP contribution in [0.1, 0.15) is 30.9 Å². The van der Waals surface area contributed by atoms with Gasteiger partial charge in [0, 0.05) is 43.2 Å². The van der Waals surface area contributed by atoms with Crippen LogP contribution in [-0.4, -0.2) is 47.8 Å². The van der Waals surface area contributed by atoms with Gasteiger partial charge in [0.05, 0.1) is 18.3 Å². The van der Waals surface area contributed by atoms with Gasteiger partial charge in [-0.3, -0.25) is 9.69 Å². The van der Waals surface area contributed by atoms with E-state index < -0.39 is 0 Å². The molecule has 0 bridgehead atoms. The molecule has 1 unspecified atom stereocenters. The lowest BCUT2D eigenvalue weighted by Crippen LogP contribution is -2.33. The van der Waals surface area contributed by atoms with Gasteiger partial charge in [-0.1, -0.05) is 13.0 Å². The molecule has 1 atom stereocenters. The van der Waals surface area contributed by atoms with Crippen molar-refractivity contribution in [3.63, 3.8) is 0 Å². The molecular formula is C23H31N3O3S. The maximum Gasteiger partial charge on any atom is 0.230 e. The maximum atomic E-state index is 11.8. The molecule has 0 aliphatic carbocycles. The minimum Gasteiger partial charge on any atom is -0.473 e. The molecule has 0 aromatic carbocycles. The molecule has 3 rings (SSSR count). The minimum atomic E-state index is 0.0236. The monoisotopic (exact) mass is 429 g/mol. The molecule has 1 fully saturated rings. The van der Waals surface area contributed by atoms with E-state index in [1.165, 1.54) is 24.9 Å². The van der Waals surface area contributed by atoms with E-state index in [2.05, 4.69) is 28.2 Å². The molecule has 2 aromatic heterocycles. The van der Waals surface area contributed by atoms with E-state index in [1.807, 2.05) is 30.5 Å².